The summed E-state index contributed by atoms with van der Waals surface area (Å²) in [5, 5.41) is 10.8. The zero-order valence-electron chi connectivity index (χ0n) is 16.7. The highest BCUT2D eigenvalue weighted by molar-refractivity contribution is 7.66. The van der Waals surface area contributed by atoms with E-state index in [2.05, 4.69) is 28.1 Å². The van der Waals surface area contributed by atoms with E-state index in [0.717, 1.165) is 17.8 Å². The minimum absolute atomic E-state index is 0.192. The van der Waals surface area contributed by atoms with Gasteiger partial charge >= 0.3 is 23.5 Å². The van der Waals surface area contributed by atoms with Crippen LogP contribution >= 0.6 is 23.5 Å². The third kappa shape index (κ3) is 4.17. The Kier molecular flexibility index (Phi) is 5.59. The van der Waals surface area contributed by atoms with Crippen LogP contribution in [0.5, 0.6) is 0 Å². The summed E-state index contributed by atoms with van der Waals surface area (Å²) < 4.78 is 68.1. The summed E-state index contributed by atoms with van der Waals surface area (Å²) in [7, 11) is -16.9. The van der Waals surface area contributed by atoms with E-state index in [-0.39, 0.29) is 17.1 Å². The van der Waals surface area contributed by atoms with Crippen molar-refractivity contribution in [1.29, 1.82) is 0 Å². The van der Waals surface area contributed by atoms with Gasteiger partial charge in [0.15, 0.2) is 23.1 Å². The second-order valence-corrected chi connectivity index (χ2v) is 12.1. The average molecular weight is 551 g/mol. The number of nitrogens with two attached hydrogens (primary N) is 1. The predicted octanol–water partition coefficient (Wildman–Crippen LogP) is -0.824. The Bertz CT molecular complexity index is 1370. The number of hydrogen-bond acceptors (Lipinski definition) is 12. The molecular weight excluding hydrogens is 534 g/mol. The molecule has 1 saturated heterocycles. The number of alkyl halides is 1. The fourth-order valence-electron chi connectivity index (χ4n) is 3.78. The van der Waals surface area contributed by atoms with Crippen LogP contribution in [0.15, 0.2) is 11.1 Å². The Morgan fingerprint density at radius 2 is 1.94 bits per heavy atom. The highest BCUT2D eigenvalue weighted by Crippen LogP contribution is 2.71. The molecular formula is C12H17FN5O13P3. The second-order valence-electron chi connectivity index (χ2n) is 7.72. The number of rotatable bonds is 8. The molecule has 4 rings (SSSR count). The van der Waals surface area contributed by atoms with Crippen molar-refractivity contribution in [3.8, 4) is 0 Å². The molecule has 22 heteroatoms. The number of halogens is 1. The molecule has 1 saturated carbocycles. The van der Waals surface area contributed by atoms with Gasteiger partial charge in [-0.2, -0.15) is 13.6 Å². The number of aliphatic hydroxyl groups is 1. The molecule has 2 aromatic rings. The van der Waals surface area contributed by atoms with Gasteiger partial charge in [-0.05, 0) is 6.92 Å². The molecule has 2 aromatic heterocycles. The van der Waals surface area contributed by atoms with Crippen LogP contribution in [-0.2, 0) is 31.6 Å². The van der Waals surface area contributed by atoms with Gasteiger partial charge < -0.3 is 35.2 Å². The van der Waals surface area contributed by atoms with Crippen LogP contribution in [-0.4, -0.2) is 67.7 Å². The van der Waals surface area contributed by atoms with E-state index in [4.69, 9.17) is 20.3 Å². The van der Waals surface area contributed by atoms with Crippen LogP contribution < -0.4 is 11.3 Å². The van der Waals surface area contributed by atoms with E-state index in [1.807, 2.05) is 0 Å². The fourth-order valence-corrected chi connectivity index (χ4v) is 6.85. The molecule has 190 valence electrons. The van der Waals surface area contributed by atoms with Crippen molar-refractivity contribution < 1.29 is 60.6 Å². The standard InChI is InChI=1S/C12H17FN5O13P3/c1-10(13)8(18-4-15-5-6(18)16-9(14)17-7(5)19)29-11(2-12(10,11)20)3-28-33(24,25)31-34(26,27)30-32(21,22)23/h4,8,20H,2-3H2,1H3,(H,24,25)(H,26,27)(H2,21,22,23)(H3,14,16,17,19)/t8-,10+,11-,12+/m1/s1. The molecule has 18 nitrogen and oxygen atoms in total. The van der Waals surface area contributed by atoms with Crippen LogP contribution in [0.1, 0.15) is 19.6 Å². The third-order valence-electron chi connectivity index (χ3n) is 5.36. The minimum atomic E-state index is -5.78. The van der Waals surface area contributed by atoms with Crippen molar-refractivity contribution in [2.75, 3.05) is 12.3 Å². The fraction of sp³-hybridized carbons (Fsp3) is 0.583. The van der Waals surface area contributed by atoms with Crippen LogP contribution in [0.2, 0.25) is 0 Å². The molecule has 0 spiro atoms. The highest BCUT2D eigenvalue weighted by Gasteiger charge is 2.85. The van der Waals surface area contributed by atoms with Crippen molar-refractivity contribution in [1.82, 2.24) is 19.5 Å². The van der Waals surface area contributed by atoms with E-state index in [9.17, 15) is 33.4 Å². The highest BCUT2D eigenvalue weighted by atomic mass is 31.3. The number of anilines is 1. The van der Waals surface area contributed by atoms with Gasteiger partial charge in [-0.15, -0.1) is 0 Å². The minimum Gasteiger partial charge on any atom is -0.383 e. The SMILES string of the molecule is C[C@]1(F)[C@H](n2cnc3c(=O)[nH]c(N)nc32)O[C@@]2(COP(=O)(O)OP(=O)(O)OP(=O)(O)O)C[C@@]21O. The van der Waals surface area contributed by atoms with E-state index < -0.39 is 65.2 Å². The van der Waals surface area contributed by atoms with Crippen molar-refractivity contribution in [3.63, 3.8) is 0 Å². The number of aromatic nitrogens is 4. The lowest BCUT2D eigenvalue weighted by Gasteiger charge is -2.28. The summed E-state index contributed by atoms with van der Waals surface area (Å²) in [4.78, 5) is 57.8. The van der Waals surface area contributed by atoms with Crippen molar-refractivity contribution >= 4 is 40.6 Å². The average Bonchev–Trinajstić information content (AvgIpc) is 2.93. The molecule has 2 aliphatic rings. The number of phosphoric acid groups is 3. The first-order valence-corrected chi connectivity index (χ1v) is 13.4. The number of nitrogens with zero attached hydrogens (tertiary/aromatic N) is 3. The number of hydrogen-bond donors (Lipinski definition) is 7. The quantitative estimate of drug-likeness (QED) is 0.197. The smallest absolute Gasteiger partial charge is 0.383 e. The topological polar surface area (TPSA) is 279 Å². The number of H-pyrrole nitrogens is 1. The summed E-state index contributed by atoms with van der Waals surface area (Å²) in [6, 6.07) is 0. The maximum Gasteiger partial charge on any atom is 0.490 e. The third-order valence-corrected chi connectivity index (χ3v) is 9.14. The Balaban J connectivity index is 1.57. The zero-order valence-corrected chi connectivity index (χ0v) is 19.4. The Morgan fingerprint density at radius 1 is 1.29 bits per heavy atom. The van der Waals surface area contributed by atoms with Gasteiger partial charge in [0.25, 0.3) is 5.56 Å². The van der Waals surface area contributed by atoms with Crippen molar-refractivity contribution in [2.24, 2.45) is 0 Å². The molecule has 2 fully saturated rings. The lowest BCUT2D eigenvalue weighted by atomic mass is 9.96. The van der Waals surface area contributed by atoms with Gasteiger partial charge in [0.1, 0.15) is 11.2 Å². The molecule has 34 heavy (non-hydrogen) atoms. The molecule has 8 N–H and O–H groups in total. The number of ether oxygens (including phenoxy) is 1. The number of phosphoric ester groups is 1. The van der Waals surface area contributed by atoms with Gasteiger partial charge in [-0.3, -0.25) is 18.9 Å². The molecule has 6 atom stereocenters. The largest absolute Gasteiger partial charge is 0.490 e. The summed E-state index contributed by atoms with van der Waals surface area (Å²) in [6.07, 6.45) is -1.14. The van der Waals surface area contributed by atoms with E-state index in [1.165, 1.54) is 0 Å². The summed E-state index contributed by atoms with van der Waals surface area (Å²) in [5.74, 6) is -0.316. The first-order valence-electron chi connectivity index (χ1n) is 8.91. The number of imidazole rings is 1. The van der Waals surface area contributed by atoms with Crippen LogP contribution in [0.4, 0.5) is 10.3 Å². The molecule has 1 aliphatic heterocycles. The van der Waals surface area contributed by atoms with E-state index in [0.29, 0.717) is 0 Å². The first kappa shape index (κ1) is 25.5. The first-order chi connectivity index (χ1) is 15.3. The maximum atomic E-state index is 15.7. The Labute approximate surface area is 186 Å². The molecule has 3 heterocycles. The molecule has 0 aromatic carbocycles. The number of nitrogens with one attached hydrogen (secondary N) is 1. The molecule has 0 amide bonds. The molecule has 1 aliphatic carbocycles. The monoisotopic (exact) mass is 551 g/mol. The van der Waals surface area contributed by atoms with Crippen LogP contribution in [0.25, 0.3) is 11.2 Å². The molecule has 0 bridgehead atoms. The predicted molar refractivity (Wildman–Crippen MR) is 104 cm³/mol. The Morgan fingerprint density at radius 3 is 2.56 bits per heavy atom. The number of fused-ring (bicyclic) bond motifs is 2. The molecule has 2 unspecified atom stereocenters. The van der Waals surface area contributed by atoms with Gasteiger partial charge in [0, 0.05) is 6.42 Å². The van der Waals surface area contributed by atoms with Gasteiger partial charge in [0.2, 0.25) is 5.95 Å². The van der Waals surface area contributed by atoms with Crippen LogP contribution in [0.3, 0.4) is 0 Å². The van der Waals surface area contributed by atoms with E-state index in [1.54, 1.807) is 0 Å². The lowest BCUT2D eigenvalue weighted by Crippen LogP contribution is -2.42. The molecule has 0 radical (unpaired) electrons. The summed E-state index contributed by atoms with van der Waals surface area (Å²) >= 11 is 0. The lowest BCUT2D eigenvalue weighted by molar-refractivity contribution is -0.102. The van der Waals surface area contributed by atoms with Gasteiger partial charge in [0.05, 0.1) is 12.9 Å². The van der Waals surface area contributed by atoms with Gasteiger partial charge in [-0.1, -0.05) is 0 Å². The Hall–Kier alpha value is -1.59. The normalized spacial score (nSPS) is 34.5. The second kappa shape index (κ2) is 7.46. The summed E-state index contributed by atoms with van der Waals surface area (Å²) in [5.41, 5.74) is -2.53. The maximum absolute atomic E-state index is 15.7. The van der Waals surface area contributed by atoms with Gasteiger partial charge in [-0.25, -0.2) is 23.1 Å². The zero-order chi connectivity index (χ0) is 25.5. The van der Waals surface area contributed by atoms with E-state index >= 15 is 4.39 Å². The van der Waals surface area contributed by atoms with Crippen molar-refractivity contribution in [2.45, 2.75) is 36.4 Å². The van der Waals surface area contributed by atoms with Crippen LogP contribution in [0, 0.1) is 0 Å². The summed E-state index contributed by atoms with van der Waals surface area (Å²) in [6.45, 7) is -0.133. The van der Waals surface area contributed by atoms with Crippen molar-refractivity contribution in [3.05, 3.63) is 16.7 Å². The number of aromatic amines is 1. The number of nitrogen functional groups attached to an aromatic ring is 1.